The highest BCUT2D eigenvalue weighted by molar-refractivity contribution is 5.11. The third-order valence-electron chi connectivity index (χ3n) is 4.75. The van der Waals surface area contributed by atoms with E-state index in [1.54, 1.807) is 0 Å². The lowest BCUT2D eigenvalue weighted by atomic mass is 9.97. The van der Waals surface area contributed by atoms with Crippen molar-refractivity contribution in [2.45, 2.75) is 44.2 Å². The highest BCUT2D eigenvalue weighted by Crippen LogP contribution is 2.31. The Labute approximate surface area is 109 Å². The molecule has 18 heavy (non-hydrogen) atoms. The second-order valence-corrected chi connectivity index (χ2v) is 5.92. The van der Waals surface area contributed by atoms with Crippen molar-refractivity contribution in [3.05, 3.63) is 18.2 Å². The summed E-state index contributed by atoms with van der Waals surface area (Å²) in [7, 11) is 2.23. The Morgan fingerprint density at radius 2 is 2.28 bits per heavy atom. The van der Waals surface area contributed by atoms with Crippen molar-refractivity contribution in [1.29, 1.82) is 0 Å². The average Bonchev–Trinajstić information content (AvgIpc) is 3.00. The monoisotopic (exact) mass is 248 g/mol. The molecule has 4 nitrogen and oxygen atoms in total. The molecule has 2 aliphatic rings. The third kappa shape index (κ3) is 2.19. The minimum absolute atomic E-state index is 0.647. The van der Waals surface area contributed by atoms with Gasteiger partial charge in [-0.2, -0.15) is 0 Å². The minimum Gasteiger partial charge on any atom is -0.331 e. The smallest absolute Gasteiger partial charge is 0.0950 e. The van der Waals surface area contributed by atoms with E-state index in [1.807, 2.05) is 0 Å². The highest BCUT2D eigenvalue weighted by Gasteiger charge is 2.27. The number of likely N-dealkylation sites (tertiary alicyclic amines) is 1. The normalized spacial score (nSPS) is 34.0. The molecule has 0 amide bonds. The maximum atomic E-state index is 4.41. The third-order valence-corrected chi connectivity index (χ3v) is 4.75. The van der Waals surface area contributed by atoms with Crippen molar-refractivity contribution < 1.29 is 0 Å². The van der Waals surface area contributed by atoms with Crippen LogP contribution in [0.25, 0.3) is 0 Å². The van der Waals surface area contributed by atoms with Crippen molar-refractivity contribution in [3.8, 4) is 0 Å². The Morgan fingerprint density at radius 1 is 1.39 bits per heavy atom. The summed E-state index contributed by atoms with van der Waals surface area (Å²) in [5.74, 6) is 0.669. The summed E-state index contributed by atoms with van der Waals surface area (Å²) in [5, 5.41) is 3.46. The van der Waals surface area contributed by atoms with Gasteiger partial charge in [0.2, 0.25) is 0 Å². The van der Waals surface area contributed by atoms with Crippen LogP contribution in [0.2, 0.25) is 0 Å². The van der Waals surface area contributed by atoms with E-state index in [4.69, 9.17) is 0 Å². The summed E-state index contributed by atoms with van der Waals surface area (Å²) in [6.45, 7) is 5.81. The molecule has 1 N–H and O–H groups in total. The van der Waals surface area contributed by atoms with Crippen molar-refractivity contribution >= 4 is 0 Å². The highest BCUT2D eigenvalue weighted by atomic mass is 15.2. The second-order valence-electron chi connectivity index (χ2n) is 5.92. The number of rotatable bonds is 2. The first-order chi connectivity index (χ1) is 8.75. The van der Waals surface area contributed by atoms with Crippen LogP contribution in [-0.2, 0) is 0 Å². The van der Waals surface area contributed by atoms with Crippen LogP contribution in [0.3, 0.4) is 0 Å². The van der Waals surface area contributed by atoms with E-state index >= 15 is 0 Å². The van der Waals surface area contributed by atoms with Crippen LogP contribution in [0.4, 0.5) is 0 Å². The summed E-state index contributed by atoms with van der Waals surface area (Å²) in [5.41, 5.74) is 1.45. The molecule has 0 aromatic carbocycles. The molecular formula is C14H24N4. The topological polar surface area (TPSA) is 33.1 Å². The van der Waals surface area contributed by atoms with Gasteiger partial charge in [-0.1, -0.05) is 0 Å². The number of imidazole rings is 1. The van der Waals surface area contributed by atoms with Gasteiger partial charge in [0.25, 0.3) is 0 Å². The number of nitrogens with one attached hydrogen (secondary N) is 1. The van der Waals surface area contributed by atoms with Gasteiger partial charge in [0.1, 0.15) is 0 Å². The standard InChI is InChI=1S/C14H24N4/c1-11-7-13(4-6-17(11)2)18-10-16-9-14(18)12-3-5-15-8-12/h9-13,15H,3-8H2,1-2H3. The predicted molar refractivity (Wildman–Crippen MR) is 72.8 cm³/mol. The van der Waals surface area contributed by atoms with Crippen LogP contribution >= 0.6 is 0 Å². The van der Waals surface area contributed by atoms with Gasteiger partial charge in [-0.05, 0) is 39.8 Å². The number of aromatic nitrogens is 2. The number of piperidine rings is 1. The molecular weight excluding hydrogens is 224 g/mol. The largest absolute Gasteiger partial charge is 0.331 e. The molecule has 2 aliphatic heterocycles. The van der Waals surface area contributed by atoms with E-state index in [-0.39, 0.29) is 0 Å². The van der Waals surface area contributed by atoms with Gasteiger partial charge in [-0.25, -0.2) is 4.98 Å². The molecule has 4 heteroatoms. The second kappa shape index (κ2) is 5.02. The van der Waals surface area contributed by atoms with Gasteiger partial charge < -0.3 is 14.8 Å². The molecule has 1 aromatic heterocycles. The fourth-order valence-electron chi connectivity index (χ4n) is 3.36. The van der Waals surface area contributed by atoms with Crippen LogP contribution in [0.5, 0.6) is 0 Å². The van der Waals surface area contributed by atoms with E-state index < -0.39 is 0 Å². The van der Waals surface area contributed by atoms with Crippen molar-refractivity contribution in [2.24, 2.45) is 0 Å². The predicted octanol–water partition coefficient (Wildman–Crippen LogP) is 1.62. The van der Waals surface area contributed by atoms with E-state index in [0.29, 0.717) is 18.0 Å². The maximum absolute atomic E-state index is 4.41. The molecule has 0 aliphatic carbocycles. The summed E-state index contributed by atoms with van der Waals surface area (Å²) in [4.78, 5) is 6.87. The zero-order valence-electron chi connectivity index (χ0n) is 11.5. The van der Waals surface area contributed by atoms with Gasteiger partial charge >= 0.3 is 0 Å². The number of hydrogen-bond acceptors (Lipinski definition) is 3. The quantitative estimate of drug-likeness (QED) is 0.863. The molecule has 1 aromatic rings. The SMILES string of the molecule is CC1CC(n2cncc2C2CCNC2)CCN1C. The number of nitrogens with zero attached hydrogens (tertiary/aromatic N) is 3. The lowest BCUT2D eigenvalue weighted by Crippen LogP contribution is -2.38. The van der Waals surface area contributed by atoms with Crippen LogP contribution in [0.15, 0.2) is 12.5 Å². The zero-order chi connectivity index (χ0) is 12.5. The Bertz CT molecular complexity index is 394. The van der Waals surface area contributed by atoms with Gasteiger partial charge in [0, 0.05) is 43.0 Å². The van der Waals surface area contributed by atoms with Gasteiger partial charge in [0.15, 0.2) is 0 Å². The molecule has 0 saturated carbocycles. The molecule has 100 valence electrons. The zero-order valence-corrected chi connectivity index (χ0v) is 11.5. The summed E-state index contributed by atoms with van der Waals surface area (Å²) in [6, 6.07) is 1.33. The Hall–Kier alpha value is -0.870. The van der Waals surface area contributed by atoms with E-state index in [1.165, 1.54) is 31.5 Å². The molecule has 0 radical (unpaired) electrons. The van der Waals surface area contributed by atoms with Crippen molar-refractivity contribution in [1.82, 2.24) is 19.8 Å². The van der Waals surface area contributed by atoms with E-state index in [2.05, 4.69) is 46.3 Å². The molecule has 0 spiro atoms. The summed E-state index contributed by atoms with van der Waals surface area (Å²) < 4.78 is 2.46. The first kappa shape index (κ1) is 12.2. The first-order valence-electron chi connectivity index (χ1n) is 7.18. The average molecular weight is 248 g/mol. The van der Waals surface area contributed by atoms with E-state index in [9.17, 15) is 0 Å². The van der Waals surface area contributed by atoms with Crippen molar-refractivity contribution in [3.63, 3.8) is 0 Å². The van der Waals surface area contributed by atoms with Crippen LogP contribution in [-0.4, -0.2) is 47.2 Å². The molecule has 3 rings (SSSR count). The van der Waals surface area contributed by atoms with Gasteiger partial charge in [0.05, 0.1) is 6.33 Å². The molecule has 3 atom stereocenters. The molecule has 2 fully saturated rings. The fraction of sp³-hybridized carbons (Fsp3) is 0.786. The number of hydrogen-bond donors (Lipinski definition) is 1. The summed E-state index contributed by atoms with van der Waals surface area (Å²) in [6.07, 6.45) is 7.90. The first-order valence-corrected chi connectivity index (χ1v) is 7.18. The van der Waals surface area contributed by atoms with E-state index in [0.717, 1.165) is 13.1 Å². The molecule has 0 bridgehead atoms. The summed E-state index contributed by atoms with van der Waals surface area (Å²) >= 11 is 0. The minimum atomic E-state index is 0.647. The van der Waals surface area contributed by atoms with Crippen LogP contribution in [0, 0.1) is 0 Å². The lowest BCUT2D eigenvalue weighted by molar-refractivity contribution is 0.155. The van der Waals surface area contributed by atoms with Crippen LogP contribution < -0.4 is 5.32 Å². The van der Waals surface area contributed by atoms with Gasteiger partial charge in [-0.3, -0.25) is 0 Å². The van der Waals surface area contributed by atoms with Crippen molar-refractivity contribution in [2.75, 3.05) is 26.7 Å². The Balaban J connectivity index is 1.78. The molecule has 2 saturated heterocycles. The maximum Gasteiger partial charge on any atom is 0.0950 e. The Kier molecular flexibility index (Phi) is 3.39. The van der Waals surface area contributed by atoms with Gasteiger partial charge in [-0.15, -0.1) is 0 Å². The fourth-order valence-corrected chi connectivity index (χ4v) is 3.36. The molecule has 3 unspecified atom stereocenters. The molecule has 3 heterocycles. The lowest BCUT2D eigenvalue weighted by Gasteiger charge is -2.36. The Morgan fingerprint density at radius 3 is 3.00 bits per heavy atom. The van der Waals surface area contributed by atoms with Crippen LogP contribution in [0.1, 0.15) is 43.8 Å².